The Balaban J connectivity index is 1.57. The highest BCUT2D eigenvalue weighted by atomic mass is 16.1. The van der Waals surface area contributed by atoms with Crippen LogP contribution in [0, 0.1) is 13.8 Å². The van der Waals surface area contributed by atoms with E-state index in [1.807, 2.05) is 62.4 Å². The number of aryl methyl sites for hydroxylation is 2. The Morgan fingerprint density at radius 2 is 1.36 bits per heavy atom. The van der Waals surface area contributed by atoms with Crippen molar-refractivity contribution < 1.29 is 4.79 Å². The molecule has 126 valence electrons. The summed E-state index contributed by atoms with van der Waals surface area (Å²) in [5.41, 5.74) is 4.28. The molecule has 0 aliphatic rings. The van der Waals surface area contributed by atoms with Crippen molar-refractivity contribution in [1.82, 2.24) is 10.2 Å². The average Bonchev–Trinajstić information content (AvgIpc) is 2.61. The van der Waals surface area contributed by atoms with Crippen LogP contribution < -0.4 is 10.6 Å². The molecule has 0 spiro atoms. The highest BCUT2D eigenvalue weighted by molar-refractivity contribution is 5.91. The maximum Gasteiger partial charge on any atom is 0.229 e. The summed E-state index contributed by atoms with van der Waals surface area (Å²) in [5.74, 6) is 0.948. The number of carbonyl (C=O) groups excluding carboxylic acids is 1. The molecule has 3 aromatic rings. The molecule has 2 N–H and O–H groups in total. The summed E-state index contributed by atoms with van der Waals surface area (Å²) < 4.78 is 0. The lowest BCUT2D eigenvalue weighted by Crippen LogP contribution is -2.15. The minimum absolute atomic E-state index is 0.114. The number of aromatic nitrogens is 2. The van der Waals surface area contributed by atoms with Gasteiger partial charge in [-0.25, -0.2) is 0 Å². The Hall–Kier alpha value is -3.21. The van der Waals surface area contributed by atoms with Gasteiger partial charge in [0.1, 0.15) is 0 Å². The fraction of sp³-hybridized carbons (Fsp3) is 0.150. The van der Waals surface area contributed by atoms with E-state index in [1.165, 1.54) is 11.1 Å². The normalized spacial score (nSPS) is 10.3. The summed E-state index contributed by atoms with van der Waals surface area (Å²) in [6.45, 7) is 4.06. The largest absolute Gasteiger partial charge is 0.339 e. The van der Waals surface area contributed by atoms with Gasteiger partial charge in [-0.3, -0.25) is 4.79 Å². The molecule has 0 radical (unpaired) electrons. The van der Waals surface area contributed by atoms with Gasteiger partial charge >= 0.3 is 0 Å². The maximum absolute atomic E-state index is 12.1. The predicted octanol–water partition coefficient (Wildman–Crippen LogP) is 4.02. The fourth-order valence-corrected chi connectivity index (χ4v) is 2.33. The van der Waals surface area contributed by atoms with Crippen LogP contribution in [0.4, 0.5) is 17.3 Å². The van der Waals surface area contributed by atoms with E-state index in [-0.39, 0.29) is 5.91 Å². The topological polar surface area (TPSA) is 66.9 Å². The van der Waals surface area contributed by atoms with Crippen LogP contribution in [0.2, 0.25) is 0 Å². The number of carbonyl (C=O) groups is 1. The summed E-state index contributed by atoms with van der Waals surface area (Å²) in [7, 11) is 0. The third-order valence-corrected chi connectivity index (χ3v) is 3.74. The van der Waals surface area contributed by atoms with Gasteiger partial charge in [0.25, 0.3) is 0 Å². The first-order valence-corrected chi connectivity index (χ1v) is 8.11. The fourth-order valence-electron chi connectivity index (χ4n) is 2.33. The lowest BCUT2D eigenvalue weighted by atomic mass is 10.1. The van der Waals surface area contributed by atoms with Crippen LogP contribution in [0.25, 0.3) is 0 Å². The molecule has 0 aliphatic heterocycles. The Morgan fingerprint density at radius 3 is 1.96 bits per heavy atom. The van der Waals surface area contributed by atoms with Gasteiger partial charge in [0, 0.05) is 5.69 Å². The van der Waals surface area contributed by atoms with Gasteiger partial charge in [-0.2, -0.15) is 0 Å². The van der Waals surface area contributed by atoms with Crippen LogP contribution in [-0.4, -0.2) is 16.1 Å². The van der Waals surface area contributed by atoms with Gasteiger partial charge in [-0.15, -0.1) is 10.2 Å². The molecule has 0 saturated heterocycles. The standard InChI is InChI=1S/C20H20N4O/c1-14-3-7-16(8-4-14)13-20(25)22-19-12-11-18(23-24-19)21-17-9-5-15(2)6-10-17/h3-12H,13H2,1-2H3,(H,21,23)(H,22,24,25). The summed E-state index contributed by atoms with van der Waals surface area (Å²) in [5, 5.41) is 14.1. The van der Waals surface area contributed by atoms with Gasteiger partial charge in [0.05, 0.1) is 6.42 Å². The molecule has 5 heteroatoms. The smallest absolute Gasteiger partial charge is 0.229 e. The van der Waals surface area contributed by atoms with E-state index >= 15 is 0 Å². The van der Waals surface area contributed by atoms with Crippen molar-refractivity contribution in [3.05, 3.63) is 77.4 Å². The van der Waals surface area contributed by atoms with Crippen molar-refractivity contribution >= 4 is 23.2 Å². The molecule has 0 fully saturated rings. The van der Waals surface area contributed by atoms with Gasteiger partial charge in [-0.05, 0) is 43.7 Å². The van der Waals surface area contributed by atoms with Crippen LogP contribution in [0.5, 0.6) is 0 Å². The third-order valence-electron chi connectivity index (χ3n) is 3.74. The van der Waals surface area contributed by atoms with Crippen LogP contribution in [-0.2, 0) is 11.2 Å². The number of hydrogen-bond acceptors (Lipinski definition) is 4. The van der Waals surface area contributed by atoms with Crippen molar-refractivity contribution in [2.45, 2.75) is 20.3 Å². The quantitative estimate of drug-likeness (QED) is 0.740. The molecule has 25 heavy (non-hydrogen) atoms. The first-order valence-electron chi connectivity index (χ1n) is 8.11. The van der Waals surface area contributed by atoms with Gasteiger partial charge in [0.2, 0.25) is 5.91 Å². The van der Waals surface area contributed by atoms with E-state index in [4.69, 9.17) is 0 Å². The van der Waals surface area contributed by atoms with Crippen molar-refractivity contribution in [3.8, 4) is 0 Å². The number of nitrogens with zero attached hydrogens (tertiary/aromatic N) is 2. The summed E-state index contributed by atoms with van der Waals surface area (Å²) >= 11 is 0. The number of nitrogens with one attached hydrogen (secondary N) is 2. The molecule has 0 unspecified atom stereocenters. The zero-order chi connectivity index (χ0) is 17.6. The SMILES string of the molecule is Cc1ccc(CC(=O)Nc2ccc(Nc3ccc(C)cc3)nn2)cc1. The first-order chi connectivity index (χ1) is 12.1. The van der Waals surface area contributed by atoms with E-state index in [1.54, 1.807) is 12.1 Å². The van der Waals surface area contributed by atoms with Crippen LogP contribution in [0.1, 0.15) is 16.7 Å². The minimum Gasteiger partial charge on any atom is -0.339 e. The molecule has 0 aliphatic carbocycles. The van der Waals surface area contributed by atoms with E-state index in [0.717, 1.165) is 11.3 Å². The van der Waals surface area contributed by atoms with Crippen LogP contribution in [0.15, 0.2) is 60.7 Å². The van der Waals surface area contributed by atoms with E-state index < -0.39 is 0 Å². The number of rotatable bonds is 5. The Morgan fingerprint density at radius 1 is 0.800 bits per heavy atom. The van der Waals surface area contributed by atoms with Crippen molar-refractivity contribution in [2.75, 3.05) is 10.6 Å². The molecule has 0 bridgehead atoms. The summed E-state index contributed by atoms with van der Waals surface area (Å²) in [6, 6.07) is 19.4. The van der Waals surface area contributed by atoms with Gasteiger partial charge < -0.3 is 10.6 Å². The van der Waals surface area contributed by atoms with E-state index in [2.05, 4.69) is 20.8 Å². The lowest BCUT2D eigenvalue weighted by molar-refractivity contribution is -0.115. The molecular weight excluding hydrogens is 312 g/mol. The Labute approximate surface area is 147 Å². The molecule has 3 rings (SSSR count). The monoisotopic (exact) mass is 332 g/mol. The Kier molecular flexibility index (Phi) is 5.04. The molecular formula is C20H20N4O. The van der Waals surface area contributed by atoms with Crippen molar-refractivity contribution in [2.24, 2.45) is 0 Å². The highest BCUT2D eigenvalue weighted by Gasteiger charge is 2.06. The summed E-state index contributed by atoms with van der Waals surface area (Å²) in [6.07, 6.45) is 0.311. The zero-order valence-electron chi connectivity index (χ0n) is 14.3. The lowest BCUT2D eigenvalue weighted by Gasteiger charge is -2.07. The molecule has 1 heterocycles. The van der Waals surface area contributed by atoms with Crippen LogP contribution >= 0.6 is 0 Å². The minimum atomic E-state index is -0.114. The molecule has 0 saturated carbocycles. The maximum atomic E-state index is 12.1. The number of hydrogen-bond donors (Lipinski definition) is 2. The van der Waals surface area contributed by atoms with E-state index in [9.17, 15) is 4.79 Å². The first kappa shape index (κ1) is 16.6. The second-order valence-electron chi connectivity index (χ2n) is 6.01. The zero-order valence-corrected chi connectivity index (χ0v) is 14.3. The number of benzene rings is 2. The second kappa shape index (κ2) is 7.57. The third kappa shape index (κ3) is 4.88. The number of amides is 1. The molecule has 1 amide bonds. The van der Waals surface area contributed by atoms with Crippen molar-refractivity contribution in [1.29, 1.82) is 0 Å². The number of anilines is 3. The highest BCUT2D eigenvalue weighted by Crippen LogP contribution is 2.15. The van der Waals surface area contributed by atoms with Crippen LogP contribution in [0.3, 0.4) is 0 Å². The molecule has 0 atom stereocenters. The van der Waals surface area contributed by atoms with Gasteiger partial charge in [-0.1, -0.05) is 47.5 Å². The summed E-state index contributed by atoms with van der Waals surface area (Å²) in [4.78, 5) is 12.1. The second-order valence-corrected chi connectivity index (χ2v) is 6.01. The van der Waals surface area contributed by atoms with Gasteiger partial charge in [0.15, 0.2) is 11.6 Å². The molecule has 2 aromatic carbocycles. The Bertz CT molecular complexity index is 840. The predicted molar refractivity (Wildman–Crippen MR) is 100 cm³/mol. The van der Waals surface area contributed by atoms with Crippen molar-refractivity contribution in [3.63, 3.8) is 0 Å². The molecule has 5 nitrogen and oxygen atoms in total. The van der Waals surface area contributed by atoms with E-state index in [0.29, 0.717) is 18.1 Å². The average molecular weight is 332 g/mol. The molecule has 1 aromatic heterocycles.